The van der Waals surface area contributed by atoms with Crippen LogP contribution in [0.15, 0.2) is 221 Å². The lowest BCUT2D eigenvalue weighted by Gasteiger charge is -2.28. The summed E-state index contributed by atoms with van der Waals surface area (Å²) in [4.78, 5) is 7.24. The first-order chi connectivity index (χ1) is 29.7. The molecule has 3 heterocycles. The molecule has 0 bridgehead atoms. The highest BCUT2D eigenvalue weighted by molar-refractivity contribution is 6.17. The largest absolute Gasteiger partial charge is 0.456 e. The van der Waals surface area contributed by atoms with Gasteiger partial charge < -0.3 is 18.3 Å². The average Bonchev–Trinajstić information content (AvgIpc) is 4.02. The van der Waals surface area contributed by atoms with Crippen molar-refractivity contribution >= 4 is 71.9 Å². The van der Waals surface area contributed by atoms with Crippen LogP contribution >= 0.6 is 0 Å². The summed E-state index contributed by atoms with van der Waals surface area (Å²) < 4.78 is 15.2. The number of fused-ring (bicyclic) bond motifs is 8. The molecule has 5 heteroatoms. The Morgan fingerprint density at radius 1 is 0.417 bits per heavy atom. The summed E-state index contributed by atoms with van der Waals surface area (Å²) in [5, 5.41) is 4.34. The Balaban J connectivity index is 1.02. The lowest BCUT2D eigenvalue weighted by molar-refractivity contribution is 0.622. The highest BCUT2D eigenvalue weighted by atomic mass is 16.4. The van der Waals surface area contributed by atoms with Crippen LogP contribution in [0.4, 0.5) is 17.1 Å². The lowest BCUT2D eigenvalue weighted by atomic mass is 10.0. The molecule has 60 heavy (non-hydrogen) atoms. The van der Waals surface area contributed by atoms with E-state index >= 15 is 0 Å². The zero-order valence-corrected chi connectivity index (χ0v) is 32.4. The van der Waals surface area contributed by atoms with Gasteiger partial charge in [0.2, 0.25) is 5.89 Å². The molecule has 0 amide bonds. The molecule has 12 rings (SSSR count). The molecule has 0 fully saturated rings. The van der Waals surface area contributed by atoms with E-state index < -0.39 is 0 Å². The van der Waals surface area contributed by atoms with Crippen LogP contribution < -0.4 is 4.90 Å². The fourth-order valence-electron chi connectivity index (χ4n) is 8.84. The number of furan rings is 1. The second kappa shape index (κ2) is 13.8. The zero-order chi connectivity index (χ0) is 39.6. The Hall–Kier alpha value is -8.15. The van der Waals surface area contributed by atoms with Gasteiger partial charge in [0, 0.05) is 38.8 Å². The highest BCUT2D eigenvalue weighted by Gasteiger charge is 2.22. The molecular weight excluding hydrogens is 735 g/mol. The Labute approximate surface area is 345 Å². The molecule has 0 aliphatic rings. The van der Waals surface area contributed by atoms with Gasteiger partial charge in [-0.25, -0.2) is 4.98 Å². The van der Waals surface area contributed by atoms with Gasteiger partial charge in [0.1, 0.15) is 16.7 Å². The van der Waals surface area contributed by atoms with Crippen molar-refractivity contribution < 1.29 is 8.83 Å². The first kappa shape index (κ1) is 33.9. The SMILES string of the molecule is c1ccc(-c2cccc(N(c3ccc(-c4ccc5oc6ccc7nc(-c8ccccc8)oc7c6c5c4)cc3)c3cccc4c5ccccc5n(-c5ccccc5)c34)c2)cc1. The summed E-state index contributed by atoms with van der Waals surface area (Å²) in [6, 6.07) is 74.8. The van der Waals surface area contributed by atoms with Gasteiger partial charge in [0.15, 0.2) is 5.58 Å². The number of rotatable bonds is 7. The van der Waals surface area contributed by atoms with E-state index in [1.54, 1.807) is 0 Å². The molecular formula is C55H35N3O2. The number of nitrogens with zero attached hydrogens (tertiary/aromatic N) is 3. The van der Waals surface area contributed by atoms with Crippen LogP contribution in [0.3, 0.4) is 0 Å². The molecule has 3 aromatic heterocycles. The summed E-state index contributed by atoms with van der Waals surface area (Å²) >= 11 is 0. The summed E-state index contributed by atoms with van der Waals surface area (Å²) in [6.07, 6.45) is 0. The van der Waals surface area contributed by atoms with Crippen molar-refractivity contribution in [2.75, 3.05) is 4.90 Å². The maximum Gasteiger partial charge on any atom is 0.227 e. The molecule has 5 nitrogen and oxygen atoms in total. The van der Waals surface area contributed by atoms with Gasteiger partial charge in [-0.3, -0.25) is 0 Å². The summed E-state index contributed by atoms with van der Waals surface area (Å²) in [5.74, 6) is 0.595. The number of aromatic nitrogens is 2. The lowest BCUT2D eigenvalue weighted by Crippen LogP contribution is -2.11. The van der Waals surface area contributed by atoms with Crippen LogP contribution in [0.1, 0.15) is 0 Å². The molecule has 0 radical (unpaired) electrons. The minimum atomic E-state index is 0.595. The van der Waals surface area contributed by atoms with Gasteiger partial charge in [-0.15, -0.1) is 0 Å². The maximum atomic E-state index is 6.45. The van der Waals surface area contributed by atoms with Crippen LogP contribution in [-0.4, -0.2) is 9.55 Å². The second-order valence-corrected chi connectivity index (χ2v) is 15.1. The van der Waals surface area contributed by atoms with Gasteiger partial charge in [0.25, 0.3) is 0 Å². The van der Waals surface area contributed by atoms with Crippen LogP contribution in [0.5, 0.6) is 0 Å². The molecule has 0 N–H and O–H groups in total. The van der Waals surface area contributed by atoms with Crippen LogP contribution in [0.25, 0.3) is 94.2 Å². The number of hydrogen-bond donors (Lipinski definition) is 0. The maximum absolute atomic E-state index is 6.45. The molecule has 0 unspecified atom stereocenters. The van der Waals surface area contributed by atoms with E-state index in [9.17, 15) is 0 Å². The Bertz CT molecular complexity index is 3530. The Kier molecular flexibility index (Phi) is 7.78. The van der Waals surface area contributed by atoms with E-state index in [1.165, 1.54) is 21.9 Å². The van der Waals surface area contributed by atoms with E-state index in [1.807, 2.05) is 42.5 Å². The number of oxazole rings is 1. The normalized spacial score (nSPS) is 11.7. The van der Waals surface area contributed by atoms with Gasteiger partial charge in [-0.2, -0.15) is 0 Å². The van der Waals surface area contributed by atoms with Crippen molar-refractivity contribution in [1.82, 2.24) is 9.55 Å². The van der Waals surface area contributed by atoms with Gasteiger partial charge in [-0.1, -0.05) is 127 Å². The van der Waals surface area contributed by atoms with Crippen LogP contribution in [-0.2, 0) is 0 Å². The summed E-state index contributed by atoms with van der Waals surface area (Å²) in [7, 11) is 0. The minimum Gasteiger partial charge on any atom is -0.456 e. The second-order valence-electron chi connectivity index (χ2n) is 15.1. The first-order valence-corrected chi connectivity index (χ1v) is 20.2. The van der Waals surface area contributed by atoms with Crippen molar-refractivity contribution in [3.8, 4) is 39.4 Å². The van der Waals surface area contributed by atoms with E-state index in [-0.39, 0.29) is 0 Å². The van der Waals surface area contributed by atoms with E-state index in [4.69, 9.17) is 13.8 Å². The van der Waals surface area contributed by atoms with Gasteiger partial charge in [0.05, 0.1) is 22.1 Å². The molecule has 0 aliphatic heterocycles. The smallest absolute Gasteiger partial charge is 0.227 e. The van der Waals surface area contributed by atoms with Crippen molar-refractivity contribution in [2.45, 2.75) is 0 Å². The zero-order valence-electron chi connectivity index (χ0n) is 32.4. The fraction of sp³-hybridized carbons (Fsp3) is 0. The third-order valence-electron chi connectivity index (χ3n) is 11.6. The topological polar surface area (TPSA) is 47.3 Å². The molecule has 12 aromatic rings. The first-order valence-electron chi connectivity index (χ1n) is 20.2. The van der Waals surface area contributed by atoms with Crippen molar-refractivity contribution in [1.29, 1.82) is 0 Å². The molecule has 0 saturated heterocycles. The van der Waals surface area contributed by atoms with E-state index in [0.717, 1.165) is 83.6 Å². The summed E-state index contributed by atoms with van der Waals surface area (Å²) in [6.45, 7) is 0. The monoisotopic (exact) mass is 769 g/mol. The van der Waals surface area contributed by atoms with Crippen molar-refractivity contribution in [3.05, 3.63) is 212 Å². The number of anilines is 3. The molecule has 0 aliphatic carbocycles. The number of hydrogen-bond acceptors (Lipinski definition) is 4. The third-order valence-corrected chi connectivity index (χ3v) is 11.6. The minimum absolute atomic E-state index is 0.595. The Morgan fingerprint density at radius 3 is 1.87 bits per heavy atom. The average molecular weight is 770 g/mol. The summed E-state index contributed by atoms with van der Waals surface area (Å²) in [5.41, 5.74) is 15.2. The van der Waals surface area contributed by atoms with Gasteiger partial charge >= 0.3 is 0 Å². The highest BCUT2D eigenvalue weighted by Crippen LogP contribution is 2.45. The fourth-order valence-corrected chi connectivity index (χ4v) is 8.84. The standard InChI is InChI=1S/C55H35N3O2/c1-4-14-36(15-5-1)39-18-12-21-43(34-39)57(49-25-13-23-45-44-22-10-11-24-48(44)58(53(45)49)41-19-8-3-9-20-41)42-29-26-37(27-30-42)40-28-32-50-46(35-40)52-51(59-50)33-31-47-54(52)60-55(56-47)38-16-6-2-7-17-38/h1-35H. The van der Waals surface area contributed by atoms with E-state index in [2.05, 4.69) is 179 Å². The van der Waals surface area contributed by atoms with Gasteiger partial charge in [-0.05, 0) is 107 Å². The van der Waals surface area contributed by atoms with E-state index in [0.29, 0.717) is 5.89 Å². The van der Waals surface area contributed by atoms with Crippen LogP contribution in [0, 0.1) is 0 Å². The molecule has 0 spiro atoms. The van der Waals surface area contributed by atoms with Crippen LogP contribution in [0.2, 0.25) is 0 Å². The molecule has 0 atom stereocenters. The molecule has 9 aromatic carbocycles. The number of benzene rings is 9. The third kappa shape index (κ3) is 5.52. The quantitative estimate of drug-likeness (QED) is 0.162. The predicted molar refractivity (Wildman–Crippen MR) is 247 cm³/mol. The number of para-hydroxylation sites is 3. The Morgan fingerprint density at radius 2 is 1.05 bits per heavy atom. The van der Waals surface area contributed by atoms with Crippen molar-refractivity contribution in [2.24, 2.45) is 0 Å². The molecule has 282 valence electrons. The molecule has 0 saturated carbocycles. The predicted octanol–water partition coefficient (Wildman–Crippen LogP) is 15.3. The van der Waals surface area contributed by atoms with Crippen molar-refractivity contribution in [3.63, 3.8) is 0 Å².